The Morgan fingerprint density at radius 3 is 2.48 bits per heavy atom. The van der Waals surface area contributed by atoms with Gasteiger partial charge in [-0.2, -0.15) is 0 Å². The normalized spacial score (nSPS) is 12.1. The molecule has 0 aromatic heterocycles. The summed E-state index contributed by atoms with van der Waals surface area (Å²) in [6, 6.07) is 7.57. The molecule has 2 rings (SSSR count). The minimum atomic E-state index is -0.637. The number of hydrogen-bond donors (Lipinski definition) is 1. The fourth-order valence-corrected chi connectivity index (χ4v) is 2.49. The van der Waals surface area contributed by atoms with Crippen LogP contribution in [0.15, 0.2) is 30.3 Å². The molecule has 0 aliphatic heterocycles. The van der Waals surface area contributed by atoms with E-state index in [4.69, 9.17) is 26.8 Å². The van der Waals surface area contributed by atoms with Crippen molar-refractivity contribution in [1.82, 2.24) is 0 Å². The molecule has 0 saturated carbocycles. The molecule has 0 radical (unpaired) electrons. The summed E-state index contributed by atoms with van der Waals surface area (Å²) in [7, 11) is 3.01. The Morgan fingerprint density at radius 1 is 1.14 bits per heavy atom. The van der Waals surface area contributed by atoms with Gasteiger partial charge in [0.2, 0.25) is 0 Å². The highest BCUT2D eigenvalue weighted by molar-refractivity contribution is 6.32. The Labute approximate surface area is 128 Å². The lowest BCUT2D eigenvalue weighted by molar-refractivity contribution is 0.354. The monoisotopic (exact) mass is 309 g/mol. The predicted octanol–water partition coefficient (Wildman–Crippen LogP) is 3.85. The van der Waals surface area contributed by atoms with E-state index in [1.54, 1.807) is 24.3 Å². The van der Waals surface area contributed by atoms with Gasteiger partial charge in [0.05, 0.1) is 25.3 Å². The first kappa shape index (κ1) is 15.6. The molecule has 112 valence electrons. The molecular weight excluding hydrogens is 293 g/mol. The van der Waals surface area contributed by atoms with Crippen LogP contribution < -0.4 is 15.2 Å². The predicted molar refractivity (Wildman–Crippen MR) is 81.7 cm³/mol. The maximum Gasteiger partial charge on any atom is 0.179 e. The van der Waals surface area contributed by atoms with Crippen molar-refractivity contribution in [3.05, 3.63) is 57.9 Å². The molecule has 2 aromatic carbocycles. The van der Waals surface area contributed by atoms with Crippen molar-refractivity contribution in [3.63, 3.8) is 0 Å². The standard InChI is InChI=1S/C16H17ClFNO2/c1-9-4-5-13(18)11(6-9)15(19)10-7-12(17)16(21-3)14(8-10)20-2/h4-8,15H,19H2,1-3H3. The van der Waals surface area contributed by atoms with Crippen LogP contribution in [0.1, 0.15) is 22.7 Å². The molecule has 1 unspecified atom stereocenters. The number of benzene rings is 2. The lowest BCUT2D eigenvalue weighted by Crippen LogP contribution is -2.14. The molecule has 3 nitrogen and oxygen atoms in total. The number of ether oxygens (including phenoxy) is 2. The number of aryl methyl sites for hydroxylation is 1. The molecule has 0 saturated heterocycles. The number of rotatable bonds is 4. The van der Waals surface area contributed by atoms with Gasteiger partial charge in [0.15, 0.2) is 11.5 Å². The molecule has 21 heavy (non-hydrogen) atoms. The first-order valence-corrected chi connectivity index (χ1v) is 6.78. The fraction of sp³-hybridized carbons (Fsp3) is 0.250. The molecule has 0 amide bonds. The summed E-state index contributed by atoms with van der Waals surface area (Å²) in [5.74, 6) is 0.544. The molecule has 0 bridgehead atoms. The van der Waals surface area contributed by atoms with Crippen molar-refractivity contribution in [2.24, 2.45) is 5.73 Å². The zero-order valence-electron chi connectivity index (χ0n) is 12.1. The van der Waals surface area contributed by atoms with E-state index in [0.29, 0.717) is 27.6 Å². The van der Waals surface area contributed by atoms with Gasteiger partial charge in [-0.25, -0.2) is 4.39 Å². The van der Waals surface area contributed by atoms with Gasteiger partial charge in [0, 0.05) is 5.56 Å². The number of methoxy groups -OCH3 is 2. The quantitative estimate of drug-likeness (QED) is 0.933. The Bertz CT molecular complexity index is 661. The van der Waals surface area contributed by atoms with E-state index in [0.717, 1.165) is 5.56 Å². The summed E-state index contributed by atoms with van der Waals surface area (Å²) in [4.78, 5) is 0. The van der Waals surface area contributed by atoms with Crippen molar-refractivity contribution in [1.29, 1.82) is 0 Å². The van der Waals surface area contributed by atoms with Crippen molar-refractivity contribution in [2.75, 3.05) is 14.2 Å². The lowest BCUT2D eigenvalue weighted by Gasteiger charge is -2.17. The zero-order chi connectivity index (χ0) is 15.6. The van der Waals surface area contributed by atoms with Gasteiger partial charge in [-0.15, -0.1) is 0 Å². The van der Waals surface area contributed by atoms with Crippen molar-refractivity contribution < 1.29 is 13.9 Å². The molecular formula is C16H17ClFNO2. The smallest absolute Gasteiger partial charge is 0.179 e. The molecule has 1 atom stereocenters. The van der Waals surface area contributed by atoms with E-state index >= 15 is 0 Å². The SMILES string of the molecule is COc1cc(C(N)c2cc(C)ccc2F)cc(Cl)c1OC. The van der Waals surface area contributed by atoms with Crippen LogP contribution in [0.3, 0.4) is 0 Å². The summed E-state index contributed by atoms with van der Waals surface area (Å²) >= 11 is 6.16. The summed E-state index contributed by atoms with van der Waals surface area (Å²) in [5.41, 5.74) is 8.18. The maximum atomic E-state index is 14.0. The first-order valence-electron chi connectivity index (χ1n) is 6.41. The highest BCUT2D eigenvalue weighted by Gasteiger charge is 2.18. The van der Waals surface area contributed by atoms with Gasteiger partial charge in [0.1, 0.15) is 5.82 Å². The number of halogens is 2. The van der Waals surface area contributed by atoms with Gasteiger partial charge in [-0.3, -0.25) is 0 Å². The van der Waals surface area contributed by atoms with Crippen LogP contribution in [0, 0.1) is 12.7 Å². The molecule has 5 heteroatoms. The molecule has 0 fully saturated rings. The van der Waals surface area contributed by atoms with Gasteiger partial charge in [-0.05, 0) is 30.7 Å². The average Bonchev–Trinajstić information content (AvgIpc) is 2.48. The third-order valence-corrected chi connectivity index (χ3v) is 3.58. The van der Waals surface area contributed by atoms with Crippen LogP contribution in [0.4, 0.5) is 4.39 Å². The highest BCUT2D eigenvalue weighted by atomic mass is 35.5. The second-order valence-electron chi connectivity index (χ2n) is 4.74. The maximum absolute atomic E-state index is 14.0. The van der Waals surface area contributed by atoms with Crippen LogP contribution in [0.5, 0.6) is 11.5 Å². The van der Waals surface area contributed by atoms with Crippen LogP contribution >= 0.6 is 11.6 Å². The zero-order valence-corrected chi connectivity index (χ0v) is 12.9. The van der Waals surface area contributed by atoms with Crippen LogP contribution in [-0.4, -0.2) is 14.2 Å². The van der Waals surface area contributed by atoms with E-state index in [1.807, 2.05) is 6.92 Å². The third-order valence-electron chi connectivity index (χ3n) is 3.30. The van der Waals surface area contributed by atoms with E-state index in [-0.39, 0.29) is 5.82 Å². The van der Waals surface area contributed by atoms with Crippen molar-refractivity contribution >= 4 is 11.6 Å². The Kier molecular flexibility index (Phi) is 4.70. The Morgan fingerprint density at radius 2 is 1.86 bits per heavy atom. The van der Waals surface area contributed by atoms with Crippen LogP contribution in [0.2, 0.25) is 5.02 Å². The van der Waals surface area contributed by atoms with Gasteiger partial charge in [-0.1, -0.05) is 29.3 Å². The second-order valence-corrected chi connectivity index (χ2v) is 5.15. The van der Waals surface area contributed by atoms with E-state index < -0.39 is 6.04 Å². The van der Waals surface area contributed by atoms with Crippen LogP contribution in [0.25, 0.3) is 0 Å². The van der Waals surface area contributed by atoms with Gasteiger partial charge in [0.25, 0.3) is 0 Å². The lowest BCUT2D eigenvalue weighted by atomic mass is 9.97. The number of nitrogens with two attached hydrogens (primary N) is 1. The van der Waals surface area contributed by atoms with Gasteiger partial charge < -0.3 is 15.2 Å². The minimum absolute atomic E-state index is 0.348. The van der Waals surface area contributed by atoms with Gasteiger partial charge >= 0.3 is 0 Å². The second kappa shape index (κ2) is 6.33. The van der Waals surface area contributed by atoms with Crippen LogP contribution in [-0.2, 0) is 0 Å². The summed E-state index contributed by atoms with van der Waals surface area (Å²) < 4.78 is 24.4. The van der Waals surface area contributed by atoms with E-state index in [9.17, 15) is 4.39 Å². The molecule has 0 spiro atoms. The molecule has 2 N–H and O–H groups in total. The fourth-order valence-electron chi connectivity index (χ4n) is 2.20. The van der Waals surface area contributed by atoms with E-state index in [2.05, 4.69) is 0 Å². The topological polar surface area (TPSA) is 44.5 Å². The highest BCUT2D eigenvalue weighted by Crippen LogP contribution is 2.38. The molecule has 0 aliphatic carbocycles. The first-order chi connectivity index (χ1) is 9.97. The third kappa shape index (κ3) is 3.12. The minimum Gasteiger partial charge on any atom is -0.493 e. The molecule has 0 aliphatic rings. The molecule has 2 aromatic rings. The summed E-state index contributed by atoms with van der Waals surface area (Å²) in [6.07, 6.45) is 0. The summed E-state index contributed by atoms with van der Waals surface area (Å²) in [5, 5.41) is 0.371. The number of hydrogen-bond acceptors (Lipinski definition) is 3. The molecule has 0 heterocycles. The average molecular weight is 310 g/mol. The van der Waals surface area contributed by atoms with E-state index in [1.165, 1.54) is 20.3 Å². The van der Waals surface area contributed by atoms with Crippen molar-refractivity contribution in [2.45, 2.75) is 13.0 Å². The summed E-state index contributed by atoms with van der Waals surface area (Å²) in [6.45, 7) is 1.89. The van der Waals surface area contributed by atoms with Crippen molar-refractivity contribution in [3.8, 4) is 11.5 Å². The largest absolute Gasteiger partial charge is 0.493 e. The Hall–Kier alpha value is -1.78. The Balaban J connectivity index is 2.50.